The molecule has 0 aliphatic rings. The maximum atomic E-state index is 12.2. The third-order valence-corrected chi connectivity index (χ3v) is 4.04. The Morgan fingerprint density at radius 2 is 1.46 bits per heavy atom. The van der Waals surface area contributed by atoms with E-state index in [0.29, 0.717) is 6.42 Å². The second-order valence-corrected chi connectivity index (χ2v) is 5.74. The van der Waals surface area contributed by atoms with Crippen LogP contribution in [0.15, 0.2) is 60.7 Å². The molecular weight excluding hydrogens is 304 g/mol. The van der Waals surface area contributed by atoms with Gasteiger partial charge in [-0.1, -0.05) is 60.7 Å². The lowest BCUT2D eigenvalue weighted by atomic mass is 9.87. The molecule has 0 saturated heterocycles. The van der Waals surface area contributed by atoms with Gasteiger partial charge in [0.2, 0.25) is 0 Å². The fourth-order valence-electron chi connectivity index (χ4n) is 2.55. The van der Waals surface area contributed by atoms with Gasteiger partial charge in [-0.25, -0.2) is 0 Å². The summed E-state index contributed by atoms with van der Waals surface area (Å²) < 4.78 is 10.8. The summed E-state index contributed by atoms with van der Waals surface area (Å²) in [5, 5.41) is 0. The minimum absolute atomic E-state index is 0.111. The summed E-state index contributed by atoms with van der Waals surface area (Å²) in [5.41, 5.74) is 0.639. The zero-order valence-electron chi connectivity index (χ0n) is 14.0. The van der Waals surface area contributed by atoms with Gasteiger partial charge in [0.1, 0.15) is 12.2 Å². The molecule has 0 aliphatic carbocycles. The summed E-state index contributed by atoms with van der Waals surface area (Å²) in [6.07, 6.45) is 0.223. The molecule has 0 bridgehead atoms. The van der Waals surface area contributed by atoms with Crippen LogP contribution in [-0.4, -0.2) is 24.5 Å². The number of ether oxygens (including phenoxy) is 2. The molecule has 2 rings (SSSR count). The summed E-state index contributed by atoms with van der Waals surface area (Å²) >= 11 is 0. The monoisotopic (exact) mass is 326 g/mol. The number of esters is 1. The highest BCUT2D eigenvalue weighted by atomic mass is 16.5. The summed E-state index contributed by atoms with van der Waals surface area (Å²) in [7, 11) is 1.45. The Labute approximate surface area is 142 Å². The zero-order valence-corrected chi connectivity index (χ0v) is 14.0. The SMILES string of the molecule is COC(CC(=O)OCc1ccccc1)(Cc1ccccc1)C(C)=O. The van der Waals surface area contributed by atoms with Crippen LogP contribution in [0.5, 0.6) is 0 Å². The highest BCUT2D eigenvalue weighted by Gasteiger charge is 2.38. The molecular formula is C20H22O4. The van der Waals surface area contributed by atoms with Crippen LogP contribution in [0, 0.1) is 0 Å². The van der Waals surface area contributed by atoms with Crippen LogP contribution in [0.4, 0.5) is 0 Å². The fourth-order valence-corrected chi connectivity index (χ4v) is 2.55. The second-order valence-electron chi connectivity index (χ2n) is 5.74. The third-order valence-electron chi connectivity index (χ3n) is 4.04. The van der Waals surface area contributed by atoms with Crippen molar-refractivity contribution in [3.63, 3.8) is 0 Å². The highest BCUT2D eigenvalue weighted by Crippen LogP contribution is 2.24. The van der Waals surface area contributed by atoms with E-state index < -0.39 is 11.6 Å². The van der Waals surface area contributed by atoms with Gasteiger partial charge in [-0.15, -0.1) is 0 Å². The molecule has 1 atom stereocenters. The van der Waals surface area contributed by atoms with Crippen molar-refractivity contribution >= 4 is 11.8 Å². The maximum Gasteiger partial charge on any atom is 0.309 e. The number of hydrogen-bond donors (Lipinski definition) is 0. The Hall–Kier alpha value is -2.46. The van der Waals surface area contributed by atoms with Gasteiger partial charge in [0.25, 0.3) is 0 Å². The van der Waals surface area contributed by atoms with Gasteiger partial charge in [-0.2, -0.15) is 0 Å². The van der Waals surface area contributed by atoms with Crippen LogP contribution in [0.25, 0.3) is 0 Å². The largest absolute Gasteiger partial charge is 0.461 e. The van der Waals surface area contributed by atoms with E-state index in [1.165, 1.54) is 14.0 Å². The Balaban J connectivity index is 2.05. The maximum absolute atomic E-state index is 12.2. The smallest absolute Gasteiger partial charge is 0.309 e. The number of Topliss-reactive ketones (excluding diaryl/α,β-unsaturated/α-hetero) is 1. The molecule has 0 N–H and O–H groups in total. The van der Waals surface area contributed by atoms with Crippen molar-refractivity contribution in [1.29, 1.82) is 0 Å². The first-order valence-electron chi connectivity index (χ1n) is 7.85. The zero-order chi connectivity index (χ0) is 17.4. The molecule has 0 aliphatic heterocycles. The number of hydrogen-bond acceptors (Lipinski definition) is 4. The van der Waals surface area contributed by atoms with Crippen molar-refractivity contribution in [2.45, 2.75) is 32.0 Å². The van der Waals surface area contributed by atoms with E-state index in [9.17, 15) is 9.59 Å². The lowest BCUT2D eigenvalue weighted by molar-refractivity contribution is -0.158. The number of methoxy groups -OCH3 is 1. The molecule has 1 unspecified atom stereocenters. The van der Waals surface area contributed by atoms with Crippen molar-refractivity contribution in [3.05, 3.63) is 71.8 Å². The molecule has 4 heteroatoms. The average molecular weight is 326 g/mol. The quantitative estimate of drug-likeness (QED) is 0.698. The number of carbonyl (C=O) groups excluding carboxylic acids is 2. The summed E-state index contributed by atoms with van der Waals surface area (Å²) in [6.45, 7) is 1.62. The fraction of sp³-hybridized carbons (Fsp3) is 0.300. The normalized spacial score (nSPS) is 13.1. The first-order valence-corrected chi connectivity index (χ1v) is 7.85. The van der Waals surface area contributed by atoms with Gasteiger partial charge in [0.05, 0.1) is 6.42 Å². The molecule has 2 aromatic carbocycles. The van der Waals surface area contributed by atoms with Gasteiger partial charge >= 0.3 is 5.97 Å². The van der Waals surface area contributed by atoms with Gasteiger partial charge < -0.3 is 9.47 Å². The summed E-state index contributed by atoms with van der Waals surface area (Å²) in [6, 6.07) is 18.9. The highest BCUT2D eigenvalue weighted by molar-refractivity contribution is 5.90. The van der Waals surface area contributed by atoms with E-state index in [4.69, 9.17) is 9.47 Å². The van der Waals surface area contributed by atoms with Crippen molar-refractivity contribution in [2.24, 2.45) is 0 Å². The van der Waals surface area contributed by atoms with E-state index >= 15 is 0 Å². The molecule has 0 spiro atoms. The molecule has 0 radical (unpaired) electrons. The molecule has 0 amide bonds. The predicted octanol–water partition coefficient (Wildman–Crippen LogP) is 3.34. The van der Waals surface area contributed by atoms with Crippen LogP contribution in [0.1, 0.15) is 24.5 Å². The Bertz CT molecular complexity index is 667. The Morgan fingerprint density at radius 1 is 0.917 bits per heavy atom. The molecule has 0 saturated carbocycles. The van der Waals surface area contributed by atoms with Gasteiger partial charge in [-0.05, 0) is 18.1 Å². The summed E-state index contributed by atoms with van der Waals surface area (Å²) in [4.78, 5) is 24.4. The lowest BCUT2D eigenvalue weighted by Gasteiger charge is -2.29. The first kappa shape index (κ1) is 17.9. The minimum atomic E-state index is -1.20. The Kier molecular flexibility index (Phi) is 6.27. The van der Waals surface area contributed by atoms with E-state index in [0.717, 1.165) is 11.1 Å². The number of ketones is 1. The number of carbonyl (C=O) groups is 2. The minimum Gasteiger partial charge on any atom is -0.461 e. The Morgan fingerprint density at radius 3 is 1.96 bits per heavy atom. The van der Waals surface area contributed by atoms with E-state index in [1.54, 1.807) is 0 Å². The lowest BCUT2D eigenvalue weighted by Crippen LogP contribution is -2.44. The molecule has 0 aromatic heterocycles. The molecule has 4 nitrogen and oxygen atoms in total. The van der Waals surface area contributed by atoms with Crippen molar-refractivity contribution in [1.82, 2.24) is 0 Å². The first-order chi connectivity index (χ1) is 11.6. The predicted molar refractivity (Wildman–Crippen MR) is 91.4 cm³/mol. The molecule has 0 heterocycles. The number of rotatable bonds is 8. The third kappa shape index (κ3) is 4.77. The van der Waals surface area contributed by atoms with Crippen LogP contribution >= 0.6 is 0 Å². The van der Waals surface area contributed by atoms with E-state index in [-0.39, 0.29) is 18.8 Å². The average Bonchev–Trinajstić information content (AvgIpc) is 2.61. The van der Waals surface area contributed by atoms with Gasteiger partial charge in [0.15, 0.2) is 5.78 Å². The van der Waals surface area contributed by atoms with E-state index in [1.807, 2.05) is 60.7 Å². The second kappa shape index (κ2) is 8.41. The van der Waals surface area contributed by atoms with Crippen molar-refractivity contribution < 1.29 is 19.1 Å². The summed E-state index contributed by atoms with van der Waals surface area (Å²) in [5.74, 6) is -0.641. The standard InChI is InChI=1S/C20H22O4/c1-16(21)20(23-2,13-17-9-5-3-6-10-17)14-19(22)24-15-18-11-7-4-8-12-18/h3-12H,13-15H2,1-2H3. The van der Waals surface area contributed by atoms with Crippen LogP contribution in [-0.2, 0) is 32.1 Å². The van der Waals surface area contributed by atoms with Crippen molar-refractivity contribution in [2.75, 3.05) is 7.11 Å². The topological polar surface area (TPSA) is 52.6 Å². The molecule has 2 aromatic rings. The molecule has 0 fully saturated rings. The molecule has 24 heavy (non-hydrogen) atoms. The van der Waals surface area contributed by atoms with Crippen LogP contribution in [0.3, 0.4) is 0 Å². The van der Waals surface area contributed by atoms with Crippen molar-refractivity contribution in [3.8, 4) is 0 Å². The van der Waals surface area contributed by atoms with Crippen LogP contribution in [0.2, 0.25) is 0 Å². The van der Waals surface area contributed by atoms with Gasteiger partial charge in [0, 0.05) is 13.5 Å². The van der Waals surface area contributed by atoms with Gasteiger partial charge in [-0.3, -0.25) is 9.59 Å². The molecule has 126 valence electrons. The number of benzene rings is 2. The van der Waals surface area contributed by atoms with Crippen LogP contribution < -0.4 is 0 Å². The van der Waals surface area contributed by atoms with E-state index in [2.05, 4.69) is 0 Å².